The van der Waals surface area contributed by atoms with E-state index in [2.05, 4.69) is 4.98 Å². The molecule has 0 bridgehead atoms. The van der Waals surface area contributed by atoms with Crippen molar-refractivity contribution in [2.24, 2.45) is 5.92 Å². The van der Waals surface area contributed by atoms with Crippen LogP contribution in [0.1, 0.15) is 26.0 Å². The number of aromatic nitrogens is 1. The first-order chi connectivity index (χ1) is 11.8. The van der Waals surface area contributed by atoms with Gasteiger partial charge in [-0.25, -0.2) is 4.98 Å². The monoisotopic (exact) mass is 364 g/mol. The number of rotatable bonds is 8. The average molecular weight is 365 g/mol. The Hall–Kier alpha value is -2.34. The van der Waals surface area contributed by atoms with E-state index in [4.69, 9.17) is 21.1 Å². The SMILES string of the molecule is CC(C)CN(CCC(=O)O)C(=O)Cc1coc(-c2ccc(Cl)cc2)n1. The Labute approximate surface area is 151 Å². The summed E-state index contributed by atoms with van der Waals surface area (Å²) in [6.45, 7) is 4.66. The minimum atomic E-state index is -0.923. The van der Waals surface area contributed by atoms with Gasteiger partial charge in [0.2, 0.25) is 11.8 Å². The van der Waals surface area contributed by atoms with Crippen molar-refractivity contribution in [3.05, 3.63) is 41.2 Å². The average Bonchev–Trinajstić information content (AvgIpc) is 3.00. The largest absolute Gasteiger partial charge is 0.481 e. The third-order valence-electron chi connectivity index (χ3n) is 3.51. The van der Waals surface area contributed by atoms with E-state index in [-0.39, 0.29) is 31.2 Å². The quantitative estimate of drug-likeness (QED) is 0.775. The molecule has 25 heavy (non-hydrogen) atoms. The molecule has 1 aromatic heterocycles. The molecular formula is C18H21ClN2O4. The number of benzene rings is 1. The second kappa shape index (κ2) is 8.67. The molecule has 0 fully saturated rings. The Morgan fingerprint density at radius 1 is 1.28 bits per heavy atom. The van der Waals surface area contributed by atoms with Gasteiger partial charge in [0.1, 0.15) is 6.26 Å². The Bertz CT molecular complexity index is 725. The molecule has 2 aromatic rings. The van der Waals surface area contributed by atoms with Gasteiger partial charge in [0, 0.05) is 23.7 Å². The number of oxazole rings is 1. The van der Waals surface area contributed by atoms with Gasteiger partial charge in [-0.3, -0.25) is 9.59 Å². The highest BCUT2D eigenvalue weighted by Gasteiger charge is 2.18. The molecule has 2 rings (SSSR count). The zero-order valence-electron chi connectivity index (χ0n) is 14.2. The minimum Gasteiger partial charge on any atom is -0.481 e. The normalized spacial score (nSPS) is 10.9. The van der Waals surface area contributed by atoms with Gasteiger partial charge in [-0.05, 0) is 30.2 Å². The predicted molar refractivity (Wildman–Crippen MR) is 94.3 cm³/mol. The number of carbonyl (C=O) groups excluding carboxylic acids is 1. The molecule has 0 saturated carbocycles. The third-order valence-corrected chi connectivity index (χ3v) is 3.76. The van der Waals surface area contributed by atoms with Gasteiger partial charge in [0.05, 0.1) is 18.5 Å². The van der Waals surface area contributed by atoms with Gasteiger partial charge in [0.25, 0.3) is 0 Å². The van der Waals surface area contributed by atoms with Gasteiger partial charge in [0.15, 0.2) is 0 Å². The predicted octanol–water partition coefficient (Wildman–Crippen LogP) is 3.50. The lowest BCUT2D eigenvalue weighted by atomic mass is 10.2. The molecular weight excluding hydrogens is 344 g/mol. The fourth-order valence-corrected chi connectivity index (χ4v) is 2.50. The summed E-state index contributed by atoms with van der Waals surface area (Å²) in [6, 6.07) is 7.06. The molecule has 1 aromatic carbocycles. The van der Waals surface area contributed by atoms with Crippen molar-refractivity contribution in [2.45, 2.75) is 26.7 Å². The van der Waals surface area contributed by atoms with Crippen LogP contribution in [0.15, 0.2) is 34.9 Å². The number of carboxylic acids is 1. The van der Waals surface area contributed by atoms with Crippen LogP contribution in [0.25, 0.3) is 11.5 Å². The summed E-state index contributed by atoms with van der Waals surface area (Å²) >= 11 is 5.86. The second-order valence-electron chi connectivity index (χ2n) is 6.21. The first-order valence-electron chi connectivity index (χ1n) is 8.05. The molecule has 134 valence electrons. The molecule has 1 amide bonds. The van der Waals surface area contributed by atoms with Gasteiger partial charge in [-0.15, -0.1) is 0 Å². The lowest BCUT2D eigenvalue weighted by molar-refractivity contribution is -0.138. The van der Waals surface area contributed by atoms with Crippen LogP contribution in [0, 0.1) is 5.92 Å². The van der Waals surface area contributed by atoms with E-state index in [1.54, 1.807) is 29.2 Å². The molecule has 1 heterocycles. The van der Waals surface area contributed by atoms with Crippen LogP contribution in [0.4, 0.5) is 0 Å². The summed E-state index contributed by atoms with van der Waals surface area (Å²) in [4.78, 5) is 29.2. The fraction of sp³-hybridized carbons (Fsp3) is 0.389. The van der Waals surface area contributed by atoms with E-state index in [0.29, 0.717) is 23.2 Å². The lowest BCUT2D eigenvalue weighted by Gasteiger charge is -2.23. The molecule has 1 N–H and O–H groups in total. The van der Waals surface area contributed by atoms with E-state index < -0.39 is 5.97 Å². The van der Waals surface area contributed by atoms with Crippen LogP contribution < -0.4 is 0 Å². The van der Waals surface area contributed by atoms with E-state index in [9.17, 15) is 9.59 Å². The van der Waals surface area contributed by atoms with Crippen LogP contribution >= 0.6 is 11.6 Å². The molecule has 0 radical (unpaired) electrons. The fourth-order valence-electron chi connectivity index (χ4n) is 2.37. The maximum Gasteiger partial charge on any atom is 0.305 e. The topological polar surface area (TPSA) is 83.6 Å². The smallest absolute Gasteiger partial charge is 0.305 e. The van der Waals surface area contributed by atoms with E-state index in [1.165, 1.54) is 6.26 Å². The van der Waals surface area contributed by atoms with Crippen LogP contribution in [-0.2, 0) is 16.0 Å². The van der Waals surface area contributed by atoms with E-state index in [0.717, 1.165) is 5.56 Å². The van der Waals surface area contributed by atoms with Crippen LogP contribution in [0.5, 0.6) is 0 Å². The van der Waals surface area contributed by atoms with E-state index in [1.807, 2.05) is 13.8 Å². The summed E-state index contributed by atoms with van der Waals surface area (Å²) in [5.74, 6) is -0.418. The second-order valence-corrected chi connectivity index (χ2v) is 6.64. The first-order valence-corrected chi connectivity index (χ1v) is 8.43. The minimum absolute atomic E-state index is 0.0728. The Balaban J connectivity index is 2.04. The molecule has 6 nitrogen and oxygen atoms in total. The van der Waals surface area contributed by atoms with Crippen LogP contribution in [0.2, 0.25) is 5.02 Å². The highest BCUT2D eigenvalue weighted by Crippen LogP contribution is 2.21. The number of aliphatic carboxylic acids is 1. The molecule has 0 unspecified atom stereocenters. The van der Waals surface area contributed by atoms with Crippen molar-refractivity contribution in [1.29, 1.82) is 0 Å². The van der Waals surface area contributed by atoms with Crippen LogP contribution in [0.3, 0.4) is 0 Å². The Morgan fingerprint density at radius 3 is 2.56 bits per heavy atom. The maximum atomic E-state index is 12.5. The number of hydrogen-bond acceptors (Lipinski definition) is 4. The molecule has 0 saturated heterocycles. The Kier molecular flexibility index (Phi) is 6.58. The molecule has 0 aliphatic carbocycles. The summed E-state index contributed by atoms with van der Waals surface area (Å²) in [5, 5.41) is 9.46. The van der Waals surface area contributed by atoms with Crippen molar-refractivity contribution < 1.29 is 19.1 Å². The number of nitrogens with zero attached hydrogens (tertiary/aromatic N) is 2. The van der Waals surface area contributed by atoms with Gasteiger partial charge in [-0.2, -0.15) is 0 Å². The molecule has 0 atom stereocenters. The first kappa shape index (κ1) is 19.0. The zero-order chi connectivity index (χ0) is 18.4. The van der Waals surface area contributed by atoms with Crippen molar-refractivity contribution >= 4 is 23.5 Å². The molecule has 0 aliphatic heterocycles. The summed E-state index contributed by atoms with van der Waals surface area (Å²) in [6.07, 6.45) is 1.45. The lowest BCUT2D eigenvalue weighted by Crippen LogP contribution is -2.37. The molecule has 0 spiro atoms. The zero-order valence-corrected chi connectivity index (χ0v) is 15.0. The highest BCUT2D eigenvalue weighted by molar-refractivity contribution is 6.30. The molecule has 7 heteroatoms. The van der Waals surface area contributed by atoms with Gasteiger partial charge >= 0.3 is 5.97 Å². The number of halogens is 1. The van der Waals surface area contributed by atoms with Gasteiger partial charge in [-0.1, -0.05) is 25.4 Å². The number of amides is 1. The maximum absolute atomic E-state index is 12.5. The summed E-state index contributed by atoms with van der Waals surface area (Å²) < 4.78 is 5.43. The number of hydrogen-bond donors (Lipinski definition) is 1. The standard InChI is InChI=1S/C18H21ClN2O4/c1-12(2)10-21(8-7-17(23)24)16(22)9-15-11-25-18(20-15)13-3-5-14(19)6-4-13/h3-6,11-12H,7-10H2,1-2H3,(H,23,24). The van der Waals surface area contributed by atoms with Crippen molar-refractivity contribution in [3.63, 3.8) is 0 Å². The van der Waals surface area contributed by atoms with Crippen molar-refractivity contribution in [1.82, 2.24) is 9.88 Å². The summed E-state index contributed by atoms with van der Waals surface area (Å²) in [7, 11) is 0. The van der Waals surface area contributed by atoms with Crippen molar-refractivity contribution in [3.8, 4) is 11.5 Å². The molecule has 0 aliphatic rings. The van der Waals surface area contributed by atoms with Crippen molar-refractivity contribution in [2.75, 3.05) is 13.1 Å². The van der Waals surface area contributed by atoms with Crippen LogP contribution in [-0.4, -0.2) is 40.0 Å². The van der Waals surface area contributed by atoms with Gasteiger partial charge < -0.3 is 14.4 Å². The van der Waals surface area contributed by atoms with E-state index >= 15 is 0 Å². The number of carbonyl (C=O) groups is 2. The highest BCUT2D eigenvalue weighted by atomic mass is 35.5. The third kappa shape index (κ3) is 5.90. The summed E-state index contributed by atoms with van der Waals surface area (Å²) in [5.41, 5.74) is 1.28. The number of carboxylic acid groups (broad SMARTS) is 1. The Morgan fingerprint density at radius 2 is 1.96 bits per heavy atom.